The molecule has 2 nitrogen and oxygen atoms in total. The molecule has 0 aliphatic heterocycles. The zero-order valence-corrected chi connectivity index (χ0v) is 9.58. The van der Waals surface area contributed by atoms with E-state index in [1.807, 2.05) is 32.0 Å². The molecule has 0 spiro atoms. The number of carbonyl (C=O) groups is 1. The molecule has 1 rings (SSSR count). The van der Waals surface area contributed by atoms with Gasteiger partial charge in [-0.3, -0.25) is 4.79 Å². The average molecular weight is 206 g/mol. The number of aryl methyl sites for hydroxylation is 1. The van der Waals surface area contributed by atoms with E-state index >= 15 is 0 Å². The number of hydrogen-bond acceptors (Lipinski definition) is 1. The number of carboxylic acids is 1. The fourth-order valence-corrected chi connectivity index (χ4v) is 1.96. The van der Waals surface area contributed by atoms with Crippen LogP contribution in [0.4, 0.5) is 0 Å². The predicted molar refractivity (Wildman–Crippen MR) is 61.1 cm³/mol. The quantitative estimate of drug-likeness (QED) is 0.822. The molecule has 1 N–H and O–H groups in total. The van der Waals surface area contributed by atoms with Crippen molar-refractivity contribution in [3.63, 3.8) is 0 Å². The second-order valence-corrected chi connectivity index (χ2v) is 4.47. The Morgan fingerprint density at radius 3 is 2.47 bits per heavy atom. The van der Waals surface area contributed by atoms with Gasteiger partial charge in [-0.2, -0.15) is 0 Å². The summed E-state index contributed by atoms with van der Waals surface area (Å²) in [7, 11) is 0. The van der Waals surface area contributed by atoms with Crippen molar-refractivity contribution >= 4 is 5.97 Å². The third-order valence-corrected chi connectivity index (χ3v) is 2.72. The van der Waals surface area contributed by atoms with Crippen LogP contribution in [-0.2, 0) is 16.6 Å². The summed E-state index contributed by atoms with van der Waals surface area (Å²) in [5.41, 5.74) is 2.09. The van der Waals surface area contributed by atoms with Crippen molar-refractivity contribution in [2.45, 2.75) is 39.0 Å². The van der Waals surface area contributed by atoms with E-state index < -0.39 is 5.97 Å². The molecule has 0 saturated heterocycles. The van der Waals surface area contributed by atoms with Gasteiger partial charge in [0.2, 0.25) is 0 Å². The summed E-state index contributed by atoms with van der Waals surface area (Å²) in [6.07, 6.45) is 1.11. The van der Waals surface area contributed by atoms with Gasteiger partial charge in [0.05, 0.1) is 6.42 Å². The third kappa shape index (κ3) is 2.82. The van der Waals surface area contributed by atoms with Crippen LogP contribution in [0.1, 0.15) is 38.3 Å². The molecule has 0 aromatic heterocycles. The van der Waals surface area contributed by atoms with Gasteiger partial charge >= 0.3 is 5.97 Å². The van der Waals surface area contributed by atoms with Crippen molar-refractivity contribution in [1.82, 2.24) is 0 Å². The van der Waals surface area contributed by atoms with Gasteiger partial charge in [0.15, 0.2) is 0 Å². The van der Waals surface area contributed by atoms with E-state index in [-0.39, 0.29) is 11.8 Å². The molecule has 0 unspecified atom stereocenters. The second-order valence-electron chi connectivity index (χ2n) is 4.47. The van der Waals surface area contributed by atoms with Crippen LogP contribution in [0.2, 0.25) is 0 Å². The van der Waals surface area contributed by atoms with E-state index in [4.69, 9.17) is 5.11 Å². The van der Waals surface area contributed by atoms with E-state index in [1.54, 1.807) is 0 Å². The molecule has 0 radical (unpaired) electrons. The van der Waals surface area contributed by atoms with Crippen LogP contribution in [-0.4, -0.2) is 11.1 Å². The van der Waals surface area contributed by atoms with E-state index in [1.165, 1.54) is 5.56 Å². The highest BCUT2D eigenvalue weighted by Gasteiger charge is 2.25. The molecular formula is C13H18O2. The maximum atomic E-state index is 10.8. The molecule has 1 aromatic carbocycles. The highest BCUT2D eigenvalue weighted by Crippen LogP contribution is 2.29. The smallest absolute Gasteiger partial charge is 0.304 e. The number of benzene rings is 1. The summed E-state index contributed by atoms with van der Waals surface area (Å²) in [5.74, 6) is -0.745. The molecule has 0 fully saturated rings. The van der Waals surface area contributed by atoms with Crippen molar-refractivity contribution in [2.75, 3.05) is 0 Å². The summed E-state index contributed by atoms with van der Waals surface area (Å²) >= 11 is 0. The molecule has 0 aliphatic rings. The predicted octanol–water partition coefficient (Wildman–Crippen LogP) is 3.00. The Kier molecular flexibility index (Phi) is 3.51. The van der Waals surface area contributed by atoms with Gasteiger partial charge in [-0.05, 0) is 17.5 Å². The molecule has 1 aromatic rings. The van der Waals surface area contributed by atoms with Gasteiger partial charge in [0.25, 0.3) is 0 Å². The van der Waals surface area contributed by atoms with Crippen LogP contribution >= 0.6 is 0 Å². The van der Waals surface area contributed by atoms with Gasteiger partial charge in [-0.1, -0.05) is 45.0 Å². The lowest BCUT2D eigenvalue weighted by molar-refractivity contribution is -0.138. The van der Waals surface area contributed by atoms with Crippen LogP contribution in [0.3, 0.4) is 0 Å². The number of hydrogen-bond donors (Lipinski definition) is 1. The van der Waals surface area contributed by atoms with E-state index in [9.17, 15) is 4.79 Å². The Morgan fingerprint density at radius 1 is 1.33 bits per heavy atom. The lowest BCUT2D eigenvalue weighted by atomic mass is 9.78. The fourth-order valence-electron chi connectivity index (χ4n) is 1.96. The lowest BCUT2D eigenvalue weighted by Gasteiger charge is -2.25. The van der Waals surface area contributed by atoms with Crippen LogP contribution in [0, 0.1) is 0 Å². The molecule has 82 valence electrons. The second kappa shape index (κ2) is 4.47. The minimum Gasteiger partial charge on any atom is -0.481 e. The zero-order valence-electron chi connectivity index (χ0n) is 9.58. The van der Waals surface area contributed by atoms with Crippen LogP contribution < -0.4 is 0 Å². The number of carboxylic acid groups (broad SMARTS) is 1. The Bertz CT molecular complexity index is 353. The van der Waals surface area contributed by atoms with Crippen LogP contribution in [0.5, 0.6) is 0 Å². The monoisotopic (exact) mass is 206 g/mol. The van der Waals surface area contributed by atoms with Gasteiger partial charge in [0.1, 0.15) is 0 Å². The molecule has 0 saturated carbocycles. The zero-order chi connectivity index (χ0) is 11.5. The normalized spacial score (nSPS) is 11.4. The Morgan fingerprint density at radius 2 is 1.93 bits per heavy atom. The summed E-state index contributed by atoms with van der Waals surface area (Å²) in [5, 5.41) is 8.87. The molecule has 0 aliphatic carbocycles. The summed E-state index contributed by atoms with van der Waals surface area (Å²) < 4.78 is 0. The van der Waals surface area contributed by atoms with Crippen LogP contribution in [0.25, 0.3) is 0 Å². The molecule has 0 atom stereocenters. The van der Waals surface area contributed by atoms with Crippen molar-refractivity contribution in [2.24, 2.45) is 0 Å². The first-order valence-corrected chi connectivity index (χ1v) is 5.27. The largest absolute Gasteiger partial charge is 0.481 e. The number of rotatable bonds is 4. The van der Waals surface area contributed by atoms with Crippen molar-refractivity contribution in [3.05, 3.63) is 35.4 Å². The minimum atomic E-state index is -0.745. The van der Waals surface area contributed by atoms with Crippen molar-refractivity contribution in [1.29, 1.82) is 0 Å². The highest BCUT2D eigenvalue weighted by atomic mass is 16.4. The first kappa shape index (κ1) is 11.8. The number of aliphatic carboxylic acids is 1. The third-order valence-electron chi connectivity index (χ3n) is 2.72. The Hall–Kier alpha value is -1.31. The van der Waals surface area contributed by atoms with Gasteiger partial charge in [0, 0.05) is 5.41 Å². The standard InChI is InChI=1S/C13H18O2/c1-4-10-7-5-6-8-11(10)13(2,3)9-12(14)15/h5-8H,4,9H2,1-3H3,(H,14,15). The maximum absolute atomic E-state index is 10.8. The molecule has 0 heterocycles. The summed E-state index contributed by atoms with van der Waals surface area (Å²) in [6, 6.07) is 8.07. The summed E-state index contributed by atoms with van der Waals surface area (Å²) in [6.45, 7) is 6.06. The maximum Gasteiger partial charge on any atom is 0.304 e. The van der Waals surface area contributed by atoms with Crippen LogP contribution in [0.15, 0.2) is 24.3 Å². The molecular weight excluding hydrogens is 188 g/mol. The Balaban J connectivity index is 3.07. The lowest BCUT2D eigenvalue weighted by Crippen LogP contribution is -2.23. The SMILES string of the molecule is CCc1ccccc1C(C)(C)CC(=O)O. The molecule has 2 heteroatoms. The molecule has 15 heavy (non-hydrogen) atoms. The van der Waals surface area contributed by atoms with Crippen molar-refractivity contribution < 1.29 is 9.90 Å². The molecule has 0 amide bonds. The molecule has 0 bridgehead atoms. The topological polar surface area (TPSA) is 37.3 Å². The average Bonchev–Trinajstić information content (AvgIpc) is 2.16. The van der Waals surface area contributed by atoms with Gasteiger partial charge in [-0.15, -0.1) is 0 Å². The highest BCUT2D eigenvalue weighted by molar-refractivity contribution is 5.69. The van der Waals surface area contributed by atoms with Gasteiger partial charge in [-0.25, -0.2) is 0 Å². The van der Waals surface area contributed by atoms with Gasteiger partial charge < -0.3 is 5.11 Å². The first-order valence-electron chi connectivity index (χ1n) is 5.27. The van der Waals surface area contributed by atoms with E-state index in [0.717, 1.165) is 12.0 Å². The van der Waals surface area contributed by atoms with E-state index in [0.29, 0.717) is 0 Å². The first-order chi connectivity index (χ1) is 6.97. The summed E-state index contributed by atoms with van der Waals surface area (Å²) in [4.78, 5) is 10.8. The Labute approximate surface area is 90.9 Å². The van der Waals surface area contributed by atoms with E-state index in [2.05, 4.69) is 13.0 Å². The van der Waals surface area contributed by atoms with Crippen molar-refractivity contribution in [3.8, 4) is 0 Å². The fraction of sp³-hybridized carbons (Fsp3) is 0.462. The minimum absolute atomic E-state index is 0.171.